The van der Waals surface area contributed by atoms with E-state index >= 15 is 0 Å². The zero-order chi connectivity index (χ0) is 12.4. The molecule has 1 N–H and O–H groups in total. The van der Waals surface area contributed by atoms with E-state index in [0.717, 1.165) is 0 Å². The molecule has 0 aliphatic rings. The van der Waals surface area contributed by atoms with Crippen molar-refractivity contribution < 1.29 is 14.3 Å². The minimum Gasteiger partial charge on any atom is -0.477 e. The van der Waals surface area contributed by atoms with E-state index < -0.39 is 11.8 Å². The Hall–Kier alpha value is -1.94. The SMILES string of the molecule is O=C(O)c1ccc(Cl)c(-c2ccccc2F)n1. The molecule has 17 heavy (non-hydrogen) atoms. The largest absolute Gasteiger partial charge is 0.477 e. The molecule has 1 aromatic carbocycles. The number of hydrogen-bond acceptors (Lipinski definition) is 2. The highest BCUT2D eigenvalue weighted by atomic mass is 35.5. The third-order valence-electron chi connectivity index (χ3n) is 2.19. The molecule has 0 aliphatic heterocycles. The van der Waals surface area contributed by atoms with Gasteiger partial charge < -0.3 is 5.11 Å². The summed E-state index contributed by atoms with van der Waals surface area (Å²) < 4.78 is 13.5. The van der Waals surface area contributed by atoms with E-state index in [-0.39, 0.29) is 22.0 Å². The number of aromatic carboxylic acids is 1. The summed E-state index contributed by atoms with van der Waals surface area (Å²) in [5.41, 5.74) is 0.137. The number of nitrogens with zero attached hydrogens (tertiary/aromatic N) is 1. The van der Waals surface area contributed by atoms with Gasteiger partial charge in [-0.05, 0) is 24.3 Å². The van der Waals surface area contributed by atoms with Crippen LogP contribution in [-0.2, 0) is 0 Å². The second-order valence-corrected chi connectivity index (χ2v) is 3.72. The van der Waals surface area contributed by atoms with Crippen LogP contribution in [0.2, 0.25) is 5.02 Å². The molecule has 5 heteroatoms. The number of carboxylic acid groups (broad SMARTS) is 1. The van der Waals surface area contributed by atoms with E-state index in [9.17, 15) is 9.18 Å². The Kier molecular flexibility index (Phi) is 3.06. The Morgan fingerprint density at radius 1 is 1.24 bits per heavy atom. The van der Waals surface area contributed by atoms with Crippen molar-refractivity contribution >= 4 is 17.6 Å². The molecule has 0 radical (unpaired) electrons. The van der Waals surface area contributed by atoms with Crippen LogP contribution in [-0.4, -0.2) is 16.1 Å². The first-order valence-electron chi connectivity index (χ1n) is 4.74. The summed E-state index contributed by atoms with van der Waals surface area (Å²) >= 11 is 5.89. The molecule has 0 fully saturated rings. The van der Waals surface area contributed by atoms with Crippen LogP contribution in [0.25, 0.3) is 11.3 Å². The highest BCUT2D eigenvalue weighted by molar-refractivity contribution is 6.33. The Morgan fingerprint density at radius 2 is 1.94 bits per heavy atom. The van der Waals surface area contributed by atoms with Crippen LogP contribution < -0.4 is 0 Å². The quantitative estimate of drug-likeness (QED) is 0.891. The number of hydrogen-bond donors (Lipinski definition) is 1. The van der Waals surface area contributed by atoms with E-state index in [1.54, 1.807) is 6.07 Å². The number of benzene rings is 1. The molecule has 86 valence electrons. The van der Waals surface area contributed by atoms with Crippen molar-refractivity contribution in [1.82, 2.24) is 4.98 Å². The van der Waals surface area contributed by atoms with E-state index in [4.69, 9.17) is 16.7 Å². The number of carboxylic acids is 1. The van der Waals surface area contributed by atoms with Crippen molar-refractivity contribution in [2.24, 2.45) is 0 Å². The zero-order valence-corrected chi connectivity index (χ0v) is 9.28. The van der Waals surface area contributed by atoms with Gasteiger partial charge in [0.1, 0.15) is 11.5 Å². The fourth-order valence-electron chi connectivity index (χ4n) is 1.40. The average Bonchev–Trinajstić information content (AvgIpc) is 2.30. The predicted molar refractivity (Wildman–Crippen MR) is 61.6 cm³/mol. The van der Waals surface area contributed by atoms with Gasteiger partial charge in [-0.1, -0.05) is 23.7 Å². The maximum Gasteiger partial charge on any atom is 0.354 e. The van der Waals surface area contributed by atoms with E-state index in [2.05, 4.69) is 4.98 Å². The van der Waals surface area contributed by atoms with Gasteiger partial charge in [0.25, 0.3) is 0 Å². The van der Waals surface area contributed by atoms with Crippen LogP contribution in [0.15, 0.2) is 36.4 Å². The first kappa shape index (κ1) is 11.5. The Balaban J connectivity index is 2.63. The lowest BCUT2D eigenvalue weighted by Crippen LogP contribution is -2.01. The standard InChI is InChI=1S/C12H7ClFNO2/c13-8-5-6-10(12(16)17)15-11(8)7-3-1-2-4-9(7)14/h1-6H,(H,16,17). The lowest BCUT2D eigenvalue weighted by Gasteiger charge is -2.05. The third-order valence-corrected chi connectivity index (χ3v) is 2.50. The van der Waals surface area contributed by atoms with Gasteiger partial charge >= 0.3 is 5.97 Å². The monoisotopic (exact) mass is 251 g/mol. The summed E-state index contributed by atoms with van der Waals surface area (Å²) in [6.45, 7) is 0. The molecular formula is C12H7ClFNO2. The molecule has 0 aliphatic carbocycles. The fourth-order valence-corrected chi connectivity index (χ4v) is 1.61. The summed E-state index contributed by atoms with van der Waals surface area (Å²) in [4.78, 5) is 14.6. The number of carbonyl (C=O) groups is 1. The number of pyridine rings is 1. The highest BCUT2D eigenvalue weighted by Gasteiger charge is 2.13. The van der Waals surface area contributed by atoms with Crippen LogP contribution in [0.3, 0.4) is 0 Å². The lowest BCUT2D eigenvalue weighted by atomic mass is 10.1. The zero-order valence-electron chi connectivity index (χ0n) is 8.52. The first-order valence-corrected chi connectivity index (χ1v) is 5.12. The van der Waals surface area contributed by atoms with Crippen LogP contribution in [0.1, 0.15) is 10.5 Å². The van der Waals surface area contributed by atoms with Crippen LogP contribution >= 0.6 is 11.6 Å². The molecule has 0 amide bonds. The Bertz CT molecular complexity index is 586. The van der Waals surface area contributed by atoms with Crippen molar-refractivity contribution in [1.29, 1.82) is 0 Å². The molecule has 1 aromatic heterocycles. The average molecular weight is 252 g/mol. The molecule has 2 aromatic rings. The van der Waals surface area contributed by atoms with Gasteiger partial charge in [-0.3, -0.25) is 0 Å². The molecule has 0 saturated carbocycles. The topological polar surface area (TPSA) is 50.2 Å². The minimum absolute atomic E-state index is 0.129. The molecular weight excluding hydrogens is 245 g/mol. The number of rotatable bonds is 2. The molecule has 3 nitrogen and oxygen atoms in total. The van der Waals surface area contributed by atoms with Gasteiger partial charge in [0.2, 0.25) is 0 Å². The second-order valence-electron chi connectivity index (χ2n) is 3.31. The first-order chi connectivity index (χ1) is 8.09. The van der Waals surface area contributed by atoms with Gasteiger partial charge in [-0.2, -0.15) is 0 Å². The van der Waals surface area contributed by atoms with Crippen LogP contribution in [0.5, 0.6) is 0 Å². The summed E-state index contributed by atoms with van der Waals surface area (Å²) in [6, 6.07) is 8.59. The van der Waals surface area contributed by atoms with E-state index in [1.807, 2.05) is 0 Å². The van der Waals surface area contributed by atoms with Gasteiger partial charge in [-0.25, -0.2) is 14.2 Å². The third kappa shape index (κ3) is 2.26. The van der Waals surface area contributed by atoms with Crippen molar-refractivity contribution in [3.63, 3.8) is 0 Å². The fraction of sp³-hybridized carbons (Fsp3) is 0. The normalized spacial score (nSPS) is 10.2. The molecule has 0 unspecified atom stereocenters. The molecule has 0 spiro atoms. The maximum atomic E-state index is 13.5. The van der Waals surface area contributed by atoms with Crippen molar-refractivity contribution in [3.8, 4) is 11.3 Å². The number of halogens is 2. The molecule has 0 atom stereocenters. The molecule has 2 rings (SSSR count). The van der Waals surface area contributed by atoms with Gasteiger partial charge in [0.05, 0.1) is 10.7 Å². The number of aromatic nitrogens is 1. The van der Waals surface area contributed by atoms with E-state index in [0.29, 0.717) is 0 Å². The Morgan fingerprint density at radius 3 is 2.59 bits per heavy atom. The summed E-state index contributed by atoms with van der Waals surface area (Å²) in [7, 11) is 0. The van der Waals surface area contributed by atoms with Crippen molar-refractivity contribution in [3.05, 3.63) is 52.9 Å². The summed E-state index contributed by atoms with van der Waals surface area (Å²) in [6.07, 6.45) is 0. The maximum absolute atomic E-state index is 13.5. The second kappa shape index (κ2) is 4.51. The summed E-state index contributed by atoms with van der Waals surface area (Å²) in [5.74, 6) is -1.68. The minimum atomic E-state index is -1.18. The van der Waals surface area contributed by atoms with Gasteiger partial charge in [-0.15, -0.1) is 0 Å². The Labute approximate surface area is 101 Å². The van der Waals surface area contributed by atoms with Gasteiger partial charge in [0, 0.05) is 5.56 Å². The van der Waals surface area contributed by atoms with Crippen molar-refractivity contribution in [2.45, 2.75) is 0 Å². The smallest absolute Gasteiger partial charge is 0.354 e. The van der Waals surface area contributed by atoms with Crippen LogP contribution in [0, 0.1) is 5.82 Å². The molecule has 0 saturated heterocycles. The summed E-state index contributed by atoms with van der Waals surface area (Å²) in [5, 5.41) is 9.03. The molecule has 0 bridgehead atoms. The predicted octanol–water partition coefficient (Wildman–Crippen LogP) is 3.24. The van der Waals surface area contributed by atoms with Gasteiger partial charge in [0.15, 0.2) is 0 Å². The lowest BCUT2D eigenvalue weighted by molar-refractivity contribution is 0.0690. The molecule has 1 heterocycles. The van der Waals surface area contributed by atoms with Crippen LogP contribution in [0.4, 0.5) is 4.39 Å². The highest BCUT2D eigenvalue weighted by Crippen LogP contribution is 2.28. The van der Waals surface area contributed by atoms with E-state index in [1.165, 1.54) is 30.3 Å². The van der Waals surface area contributed by atoms with Crippen molar-refractivity contribution in [2.75, 3.05) is 0 Å².